The molecule has 3 aliphatic rings. The molecule has 0 saturated carbocycles. The predicted octanol–water partition coefficient (Wildman–Crippen LogP) is 6.37. The number of carbonyl (C=O) groups is 2. The van der Waals surface area contributed by atoms with Gasteiger partial charge in [-0.1, -0.05) is 43.6 Å². The Morgan fingerprint density at radius 1 is 1.00 bits per heavy atom. The van der Waals surface area contributed by atoms with Gasteiger partial charge in [0.05, 0.1) is 24.0 Å². The molecule has 3 aromatic rings. The van der Waals surface area contributed by atoms with Crippen LogP contribution in [0.5, 0.6) is 0 Å². The van der Waals surface area contributed by atoms with E-state index in [9.17, 15) is 9.59 Å². The fourth-order valence-electron chi connectivity index (χ4n) is 6.08. The number of hydrogen-bond acceptors (Lipinski definition) is 6. The van der Waals surface area contributed by atoms with Crippen LogP contribution in [0.25, 0.3) is 0 Å². The van der Waals surface area contributed by atoms with E-state index in [1.165, 1.54) is 0 Å². The van der Waals surface area contributed by atoms with Gasteiger partial charge >= 0.3 is 0 Å². The standard InChI is InChI=1S/C31H33ClN4O2S/c1-31(2)18-24-29(26(37)19-31)30(27-8-5-17-39-27)36(25-7-4-3-6-23(25)33-24)20-28(38)35-15-13-34(14-16-35)22-11-9-21(32)10-12-22/h3-12,17,30,33H,13-16,18-20H2,1-2H3. The minimum atomic E-state index is -0.306. The number of para-hydroxylation sites is 2. The first kappa shape index (κ1) is 26.0. The van der Waals surface area contributed by atoms with Crippen molar-refractivity contribution in [2.45, 2.75) is 32.7 Å². The number of anilines is 3. The van der Waals surface area contributed by atoms with E-state index in [0.717, 1.165) is 57.7 Å². The van der Waals surface area contributed by atoms with Gasteiger partial charge in [0.1, 0.15) is 0 Å². The Kier molecular flexibility index (Phi) is 6.89. The number of nitrogens with zero attached hydrogens (tertiary/aromatic N) is 3. The van der Waals surface area contributed by atoms with Gasteiger partial charge in [-0.15, -0.1) is 11.3 Å². The number of benzene rings is 2. The summed E-state index contributed by atoms with van der Waals surface area (Å²) in [5.74, 6) is 0.240. The first-order chi connectivity index (χ1) is 18.8. The largest absolute Gasteiger partial charge is 0.368 e. The SMILES string of the molecule is CC1(C)CC(=O)C2=C(C1)Nc1ccccc1N(CC(=O)N1CCN(c3ccc(Cl)cc3)CC1)C2c1cccs1. The van der Waals surface area contributed by atoms with Gasteiger partial charge in [0.15, 0.2) is 5.78 Å². The van der Waals surface area contributed by atoms with Crippen LogP contribution >= 0.6 is 22.9 Å². The highest BCUT2D eigenvalue weighted by Crippen LogP contribution is 2.48. The second-order valence-corrected chi connectivity index (χ2v) is 12.8. The third-order valence-corrected chi connectivity index (χ3v) is 9.12. The molecule has 39 heavy (non-hydrogen) atoms. The molecule has 0 radical (unpaired) electrons. The van der Waals surface area contributed by atoms with Crippen molar-refractivity contribution in [1.29, 1.82) is 0 Å². The Labute approximate surface area is 238 Å². The van der Waals surface area contributed by atoms with Crippen LogP contribution in [-0.4, -0.2) is 49.3 Å². The average molecular weight is 561 g/mol. The van der Waals surface area contributed by atoms with Gasteiger partial charge < -0.3 is 20.0 Å². The van der Waals surface area contributed by atoms with E-state index >= 15 is 0 Å². The molecule has 1 saturated heterocycles. The number of carbonyl (C=O) groups excluding carboxylic acids is 2. The van der Waals surface area contributed by atoms with Crippen molar-refractivity contribution in [1.82, 2.24) is 4.90 Å². The molecule has 1 aliphatic carbocycles. The van der Waals surface area contributed by atoms with Gasteiger partial charge in [0.25, 0.3) is 0 Å². The van der Waals surface area contributed by atoms with Crippen molar-refractivity contribution >= 4 is 51.7 Å². The van der Waals surface area contributed by atoms with E-state index < -0.39 is 0 Å². The number of Topliss-reactive ketones (excluding diaryl/α,β-unsaturated/α-hetero) is 1. The maximum Gasteiger partial charge on any atom is 0.242 e. The topological polar surface area (TPSA) is 55.9 Å². The van der Waals surface area contributed by atoms with Crippen molar-refractivity contribution in [3.8, 4) is 0 Å². The van der Waals surface area contributed by atoms with Crippen LogP contribution in [0, 0.1) is 5.41 Å². The molecule has 1 N–H and O–H groups in total. The van der Waals surface area contributed by atoms with E-state index in [1.807, 2.05) is 58.8 Å². The van der Waals surface area contributed by atoms with E-state index in [1.54, 1.807) is 11.3 Å². The molecule has 1 atom stereocenters. The van der Waals surface area contributed by atoms with Gasteiger partial charge in [-0.2, -0.15) is 0 Å². The number of ketones is 1. The number of nitrogens with one attached hydrogen (secondary N) is 1. The first-order valence-corrected chi connectivity index (χ1v) is 14.8. The Bertz CT molecular complexity index is 1410. The van der Waals surface area contributed by atoms with Gasteiger partial charge in [-0.25, -0.2) is 0 Å². The highest BCUT2D eigenvalue weighted by Gasteiger charge is 2.42. The smallest absolute Gasteiger partial charge is 0.242 e. The van der Waals surface area contributed by atoms with Crippen molar-refractivity contribution in [2.24, 2.45) is 5.41 Å². The van der Waals surface area contributed by atoms with E-state index in [-0.39, 0.29) is 29.7 Å². The molecular weight excluding hydrogens is 528 g/mol. The van der Waals surface area contributed by atoms with E-state index in [0.29, 0.717) is 19.5 Å². The number of fused-ring (bicyclic) bond motifs is 1. The second-order valence-electron chi connectivity index (χ2n) is 11.4. The lowest BCUT2D eigenvalue weighted by Crippen LogP contribution is -2.52. The van der Waals surface area contributed by atoms with Crippen molar-refractivity contribution in [2.75, 3.05) is 47.8 Å². The third kappa shape index (κ3) is 5.18. The van der Waals surface area contributed by atoms with Crippen molar-refractivity contribution in [3.63, 3.8) is 0 Å². The lowest BCUT2D eigenvalue weighted by atomic mass is 9.74. The van der Waals surface area contributed by atoms with Crippen LogP contribution in [0.2, 0.25) is 5.02 Å². The molecule has 1 unspecified atom stereocenters. The second kappa shape index (κ2) is 10.4. The number of allylic oxidation sites excluding steroid dienone is 1. The molecule has 1 fully saturated rings. The molecule has 0 bridgehead atoms. The maximum absolute atomic E-state index is 13.9. The van der Waals surface area contributed by atoms with Crippen molar-refractivity contribution < 1.29 is 9.59 Å². The van der Waals surface area contributed by atoms with Crippen LogP contribution in [0.3, 0.4) is 0 Å². The third-order valence-electron chi connectivity index (χ3n) is 7.95. The minimum Gasteiger partial charge on any atom is -0.368 e. The minimum absolute atomic E-state index is 0.0785. The number of hydrogen-bond donors (Lipinski definition) is 1. The summed E-state index contributed by atoms with van der Waals surface area (Å²) < 4.78 is 0. The van der Waals surface area contributed by atoms with E-state index in [4.69, 9.17) is 11.6 Å². The Balaban J connectivity index is 1.31. The summed E-state index contributed by atoms with van der Waals surface area (Å²) in [5, 5.41) is 6.40. The molecule has 0 spiro atoms. The summed E-state index contributed by atoms with van der Waals surface area (Å²) in [4.78, 5) is 35.1. The number of amides is 1. The monoisotopic (exact) mass is 560 g/mol. The fourth-order valence-corrected chi connectivity index (χ4v) is 7.05. The number of halogens is 1. The van der Waals surface area contributed by atoms with Gasteiger partial charge in [0.2, 0.25) is 5.91 Å². The zero-order chi connectivity index (χ0) is 27.1. The molecule has 202 valence electrons. The van der Waals surface area contributed by atoms with Crippen LogP contribution in [0.1, 0.15) is 37.6 Å². The zero-order valence-electron chi connectivity index (χ0n) is 22.3. The summed E-state index contributed by atoms with van der Waals surface area (Å²) in [6, 6.07) is 19.8. The molecule has 3 heterocycles. The number of rotatable bonds is 4. The van der Waals surface area contributed by atoms with Crippen LogP contribution in [0.4, 0.5) is 17.1 Å². The van der Waals surface area contributed by atoms with Crippen LogP contribution in [0.15, 0.2) is 77.3 Å². The molecule has 1 aromatic heterocycles. The quantitative estimate of drug-likeness (QED) is 0.402. The average Bonchev–Trinajstić information content (AvgIpc) is 3.40. The summed E-state index contributed by atoms with van der Waals surface area (Å²) in [5.41, 5.74) is 4.67. The first-order valence-electron chi connectivity index (χ1n) is 13.5. The number of piperazine rings is 1. The van der Waals surface area contributed by atoms with Crippen molar-refractivity contribution in [3.05, 3.63) is 87.2 Å². The predicted molar refractivity (Wildman–Crippen MR) is 160 cm³/mol. The Morgan fingerprint density at radius 3 is 2.46 bits per heavy atom. The fraction of sp³-hybridized carbons (Fsp3) is 0.355. The molecule has 2 aliphatic heterocycles. The van der Waals surface area contributed by atoms with Gasteiger partial charge in [0, 0.05) is 59.5 Å². The Morgan fingerprint density at radius 2 is 1.74 bits per heavy atom. The van der Waals surface area contributed by atoms with Gasteiger partial charge in [-0.05, 0) is 59.7 Å². The lowest BCUT2D eigenvalue weighted by molar-refractivity contribution is -0.130. The lowest BCUT2D eigenvalue weighted by Gasteiger charge is -2.40. The number of thiophene rings is 1. The highest BCUT2D eigenvalue weighted by atomic mass is 35.5. The molecule has 6 rings (SSSR count). The summed E-state index contributed by atoms with van der Waals surface area (Å²) >= 11 is 7.71. The molecule has 6 nitrogen and oxygen atoms in total. The normalized spacial score (nSPS) is 20.7. The molecule has 8 heteroatoms. The zero-order valence-corrected chi connectivity index (χ0v) is 23.9. The molecular formula is C31H33ClN4O2S. The molecule has 2 aromatic carbocycles. The highest BCUT2D eigenvalue weighted by molar-refractivity contribution is 7.10. The van der Waals surface area contributed by atoms with Crippen LogP contribution in [-0.2, 0) is 9.59 Å². The molecule has 1 amide bonds. The van der Waals surface area contributed by atoms with E-state index in [2.05, 4.69) is 41.1 Å². The Hall–Kier alpha value is -3.29. The maximum atomic E-state index is 13.9. The summed E-state index contributed by atoms with van der Waals surface area (Å²) in [7, 11) is 0. The summed E-state index contributed by atoms with van der Waals surface area (Å²) in [6.07, 6.45) is 1.29. The van der Waals surface area contributed by atoms with Gasteiger partial charge in [-0.3, -0.25) is 9.59 Å². The van der Waals surface area contributed by atoms with Crippen LogP contribution < -0.4 is 15.1 Å². The summed E-state index contributed by atoms with van der Waals surface area (Å²) in [6.45, 7) is 7.34.